The van der Waals surface area contributed by atoms with E-state index in [1.807, 2.05) is 20.8 Å². The average Bonchev–Trinajstić information content (AvgIpc) is 1.65. The molecule has 0 aliphatic heterocycles. The van der Waals surface area contributed by atoms with Gasteiger partial charge in [-0.3, -0.25) is 4.78 Å². The summed E-state index contributed by atoms with van der Waals surface area (Å²) in [7, 11) is -2.25. The van der Waals surface area contributed by atoms with Crippen LogP contribution in [-0.4, -0.2) is 15.2 Å². The van der Waals surface area contributed by atoms with Gasteiger partial charge in [-0.25, -0.2) is 4.21 Å². The summed E-state index contributed by atoms with van der Waals surface area (Å²) in [5, 5.41) is 0.0115. The third kappa shape index (κ3) is 2.84. The van der Waals surface area contributed by atoms with Crippen LogP contribution in [0.2, 0.25) is 0 Å². The van der Waals surface area contributed by atoms with Gasteiger partial charge >= 0.3 is 0 Å². The lowest BCUT2D eigenvalue weighted by Gasteiger charge is -2.07. The SMILES string of the molecule is CCC[S@@](=N)(=O)C(C)C. The van der Waals surface area contributed by atoms with Gasteiger partial charge in [-0.05, 0) is 6.42 Å². The first kappa shape index (κ1) is 8.95. The van der Waals surface area contributed by atoms with Crippen molar-refractivity contribution in [3.05, 3.63) is 0 Å². The maximum absolute atomic E-state index is 11.2. The van der Waals surface area contributed by atoms with Crippen molar-refractivity contribution >= 4 is 9.73 Å². The lowest BCUT2D eigenvalue weighted by Crippen LogP contribution is -2.15. The Morgan fingerprint density at radius 1 is 1.56 bits per heavy atom. The highest BCUT2D eigenvalue weighted by Crippen LogP contribution is 2.02. The van der Waals surface area contributed by atoms with Crippen molar-refractivity contribution in [3.8, 4) is 0 Å². The van der Waals surface area contributed by atoms with Gasteiger partial charge in [-0.2, -0.15) is 0 Å². The average molecular weight is 149 g/mol. The topological polar surface area (TPSA) is 40.9 Å². The zero-order valence-corrected chi connectivity index (χ0v) is 7.12. The summed E-state index contributed by atoms with van der Waals surface area (Å²) >= 11 is 0. The molecule has 0 saturated carbocycles. The van der Waals surface area contributed by atoms with Gasteiger partial charge in [0.2, 0.25) is 0 Å². The van der Waals surface area contributed by atoms with Crippen LogP contribution in [0.1, 0.15) is 27.2 Å². The molecule has 0 unspecified atom stereocenters. The molecule has 2 nitrogen and oxygen atoms in total. The zero-order valence-electron chi connectivity index (χ0n) is 6.31. The zero-order chi connectivity index (χ0) is 7.49. The van der Waals surface area contributed by atoms with Crippen LogP contribution in [-0.2, 0) is 9.73 Å². The molecule has 0 aliphatic carbocycles. The monoisotopic (exact) mass is 149 g/mol. The van der Waals surface area contributed by atoms with E-state index in [0.717, 1.165) is 6.42 Å². The Kier molecular flexibility index (Phi) is 3.18. The van der Waals surface area contributed by atoms with Crippen molar-refractivity contribution in [1.29, 1.82) is 4.78 Å². The Hall–Kier alpha value is -0.0500. The van der Waals surface area contributed by atoms with Gasteiger partial charge in [0.15, 0.2) is 0 Å². The van der Waals surface area contributed by atoms with Crippen molar-refractivity contribution in [3.63, 3.8) is 0 Å². The van der Waals surface area contributed by atoms with Gasteiger partial charge < -0.3 is 0 Å². The van der Waals surface area contributed by atoms with Gasteiger partial charge in [0.1, 0.15) is 0 Å². The molecule has 0 fully saturated rings. The summed E-state index contributed by atoms with van der Waals surface area (Å²) in [4.78, 5) is 0. The molecule has 0 bridgehead atoms. The Morgan fingerprint density at radius 2 is 2.00 bits per heavy atom. The first-order valence-electron chi connectivity index (χ1n) is 3.26. The number of rotatable bonds is 3. The lowest BCUT2D eigenvalue weighted by atomic mass is 10.6. The van der Waals surface area contributed by atoms with Crippen molar-refractivity contribution in [2.24, 2.45) is 0 Å². The molecule has 0 rings (SSSR count). The fourth-order valence-electron chi connectivity index (χ4n) is 0.539. The van der Waals surface area contributed by atoms with Crippen LogP contribution in [0.5, 0.6) is 0 Å². The standard InChI is InChI=1S/C6H15NOS/c1-4-5-9(7,8)6(2)3/h6-7H,4-5H2,1-3H3/t9-/m1/s1. The van der Waals surface area contributed by atoms with Crippen molar-refractivity contribution in [2.45, 2.75) is 32.4 Å². The first-order valence-corrected chi connectivity index (χ1v) is 5.05. The highest BCUT2D eigenvalue weighted by molar-refractivity contribution is 7.92. The lowest BCUT2D eigenvalue weighted by molar-refractivity contribution is 0.666. The van der Waals surface area contributed by atoms with Gasteiger partial charge in [-0.1, -0.05) is 20.8 Å². The van der Waals surface area contributed by atoms with Gasteiger partial charge in [0, 0.05) is 20.7 Å². The fraction of sp³-hybridized carbons (Fsp3) is 1.00. The predicted molar refractivity (Wildman–Crippen MR) is 41.2 cm³/mol. The van der Waals surface area contributed by atoms with Crippen molar-refractivity contribution < 1.29 is 4.21 Å². The van der Waals surface area contributed by atoms with E-state index in [-0.39, 0.29) is 5.25 Å². The quantitative estimate of drug-likeness (QED) is 0.653. The van der Waals surface area contributed by atoms with Crippen molar-refractivity contribution in [2.75, 3.05) is 5.75 Å². The highest BCUT2D eigenvalue weighted by atomic mass is 32.2. The number of hydrogen-bond donors (Lipinski definition) is 1. The minimum Gasteiger partial charge on any atom is -0.253 e. The number of hydrogen-bond acceptors (Lipinski definition) is 2. The smallest absolute Gasteiger partial charge is 0.0465 e. The largest absolute Gasteiger partial charge is 0.253 e. The molecule has 0 aromatic heterocycles. The molecule has 1 atom stereocenters. The minimum absolute atomic E-state index is 0.0115. The second-order valence-electron chi connectivity index (χ2n) is 2.48. The van der Waals surface area contributed by atoms with E-state index < -0.39 is 9.73 Å². The maximum atomic E-state index is 11.2. The minimum atomic E-state index is -2.25. The maximum Gasteiger partial charge on any atom is 0.0465 e. The normalized spacial score (nSPS) is 17.8. The molecule has 0 aliphatic rings. The third-order valence-electron chi connectivity index (χ3n) is 1.27. The molecule has 3 heteroatoms. The van der Waals surface area contributed by atoms with Crippen LogP contribution < -0.4 is 0 Å². The molecule has 0 aromatic carbocycles. The summed E-state index contributed by atoms with van der Waals surface area (Å²) in [6, 6.07) is 0. The fourth-order valence-corrected chi connectivity index (χ4v) is 1.62. The van der Waals surface area contributed by atoms with Crippen molar-refractivity contribution in [1.82, 2.24) is 0 Å². The second-order valence-corrected chi connectivity index (χ2v) is 5.28. The third-order valence-corrected chi connectivity index (χ3v) is 3.81. The van der Waals surface area contributed by atoms with Crippen LogP contribution in [0.15, 0.2) is 0 Å². The van der Waals surface area contributed by atoms with Crippen LogP contribution >= 0.6 is 0 Å². The van der Waals surface area contributed by atoms with E-state index in [1.54, 1.807) is 0 Å². The summed E-state index contributed by atoms with van der Waals surface area (Å²) in [6.07, 6.45) is 0.848. The summed E-state index contributed by atoms with van der Waals surface area (Å²) in [6.45, 7) is 5.63. The van der Waals surface area contributed by atoms with E-state index in [9.17, 15) is 4.21 Å². The molecule has 9 heavy (non-hydrogen) atoms. The van der Waals surface area contributed by atoms with Crippen LogP contribution in [0.3, 0.4) is 0 Å². The molecule has 1 N–H and O–H groups in total. The van der Waals surface area contributed by atoms with E-state index in [0.29, 0.717) is 5.75 Å². The Balaban J connectivity index is 4.05. The van der Waals surface area contributed by atoms with Gasteiger partial charge in [-0.15, -0.1) is 0 Å². The molecule has 0 spiro atoms. The van der Waals surface area contributed by atoms with E-state index in [4.69, 9.17) is 4.78 Å². The Bertz CT molecular complexity index is 158. The van der Waals surface area contributed by atoms with Crippen LogP contribution in [0.25, 0.3) is 0 Å². The summed E-state index contributed by atoms with van der Waals surface area (Å²) in [5.41, 5.74) is 0. The molecule has 0 radical (unpaired) electrons. The molecular weight excluding hydrogens is 134 g/mol. The summed E-state index contributed by atoms with van der Waals surface area (Å²) in [5.74, 6) is 0.546. The Labute approximate surface area is 57.6 Å². The molecule has 56 valence electrons. The predicted octanol–water partition coefficient (Wildman–Crippen LogP) is 1.85. The van der Waals surface area contributed by atoms with Crippen LogP contribution in [0, 0.1) is 4.78 Å². The van der Waals surface area contributed by atoms with E-state index in [2.05, 4.69) is 0 Å². The molecule has 0 aromatic rings. The van der Waals surface area contributed by atoms with Crippen LogP contribution in [0.4, 0.5) is 0 Å². The van der Waals surface area contributed by atoms with Gasteiger partial charge in [0.05, 0.1) is 0 Å². The molecular formula is C6H15NOS. The summed E-state index contributed by atoms with van der Waals surface area (Å²) < 4.78 is 18.5. The Morgan fingerprint density at radius 3 is 2.11 bits per heavy atom. The number of nitrogens with one attached hydrogen (secondary N) is 1. The second kappa shape index (κ2) is 3.20. The van der Waals surface area contributed by atoms with E-state index in [1.165, 1.54) is 0 Å². The van der Waals surface area contributed by atoms with Gasteiger partial charge in [0.25, 0.3) is 0 Å². The molecule has 0 saturated heterocycles. The van der Waals surface area contributed by atoms with E-state index >= 15 is 0 Å². The molecule has 0 amide bonds. The highest BCUT2D eigenvalue weighted by Gasteiger charge is 2.08. The molecule has 0 heterocycles. The first-order chi connectivity index (χ1) is 4.00.